The molecule has 0 aromatic carbocycles. The molecule has 0 aromatic heterocycles. The topological polar surface area (TPSA) is 0 Å². The first-order valence-corrected chi connectivity index (χ1v) is 8.69. The summed E-state index contributed by atoms with van der Waals surface area (Å²) in [5.41, 5.74) is 1.70. The molecule has 0 nitrogen and oxygen atoms in total. The van der Waals surface area contributed by atoms with E-state index < -0.39 is 0 Å². The molecule has 2 aliphatic carbocycles. The Bertz CT molecular complexity index is 232. The van der Waals surface area contributed by atoms with E-state index in [1.54, 1.807) is 0 Å². The predicted molar refractivity (Wildman–Crippen MR) is 91.6 cm³/mol. The number of rotatable bonds is 0. The molecule has 2 saturated carbocycles. The van der Waals surface area contributed by atoms with Crippen LogP contribution < -0.4 is 0 Å². The van der Waals surface area contributed by atoms with E-state index >= 15 is 0 Å². The van der Waals surface area contributed by atoms with Crippen molar-refractivity contribution >= 4 is 0 Å². The average molecular weight is 271 g/mol. The summed E-state index contributed by atoms with van der Waals surface area (Å²) >= 11 is 0. The fraction of sp³-hybridized carbons (Fsp3) is 1.00. The molecule has 2 atom stereocenters. The monoisotopic (exact) mass is 270 g/mol. The van der Waals surface area contributed by atoms with Gasteiger partial charge in [0.2, 0.25) is 0 Å². The molecule has 2 fully saturated rings. The zero-order valence-electron chi connectivity index (χ0n) is 16.1. The average Bonchev–Trinajstić information content (AvgIpc) is 2.80. The second-order valence-corrected chi connectivity index (χ2v) is 7.12. The van der Waals surface area contributed by atoms with Crippen LogP contribution in [-0.4, -0.2) is 0 Å². The highest BCUT2D eigenvalue weighted by molar-refractivity contribution is 5.12. The Morgan fingerprint density at radius 2 is 1.00 bits per heavy atom. The van der Waals surface area contributed by atoms with Crippen molar-refractivity contribution in [1.29, 1.82) is 0 Å². The number of hydrogen-bond acceptors (Lipinski definition) is 0. The summed E-state index contributed by atoms with van der Waals surface area (Å²) in [5, 5.41) is 0. The Morgan fingerprint density at radius 3 is 1.21 bits per heavy atom. The van der Waals surface area contributed by atoms with Gasteiger partial charge in [-0.2, -0.15) is 0 Å². The molecule has 0 N–H and O–H groups in total. The van der Waals surface area contributed by atoms with Crippen LogP contribution in [0.15, 0.2) is 0 Å². The van der Waals surface area contributed by atoms with Gasteiger partial charge in [0.1, 0.15) is 0 Å². The lowest BCUT2D eigenvalue weighted by Crippen LogP contribution is -2.44. The third kappa shape index (κ3) is 3.56. The van der Waals surface area contributed by atoms with Crippen molar-refractivity contribution in [3.05, 3.63) is 0 Å². The second-order valence-electron chi connectivity index (χ2n) is 7.12. The molecule has 2 aliphatic rings. The van der Waals surface area contributed by atoms with Crippen molar-refractivity contribution in [2.75, 3.05) is 0 Å². The van der Waals surface area contributed by atoms with Gasteiger partial charge < -0.3 is 0 Å². The van der Waals surface area contributed by atoms with E-state index in [9.17, 15) is 0 Å². The van der Waals surface area contributed by atoms with E-state index in [-0.39, 0.29) is 0 Å². The van der Waals surface area contributed by atoms with Gasteiger partial charge in [0.25, 0.3) is 0 Å². The summed E-state index contributed by atoms with van der Waals surface area (Å²) < 4.78 is 0. The van der Waals surface area contributed by atoms with Crippen LogP contribution in [0.5, 0.6) is 0 Å². The molecule has 0 heterocycles. The smallest absolute Gasteiger partial charge is 0.0267 e. The maximum Gasteiger partial charge on any atom is -0.0267 e. The van der Waals surface area contributed by atoms with Crippen molar-refractivity contribution in [2.45, 2.75) is 95.9 Å². The molecule has 2 rings (SSSR count). The predicted octanol–water partition coefficient (Wildman–Crippen LogP) is 7.18. The maximum atomic E-state index is 2.48. The molecule has 2 bridgehead atoms. The normalized spacial score (nSPS) is 30.9. The molecule has 19 heavy (non-hydrogen) atoms. The fourth-order valence-electron chi connectivity index (χ4n) is 4.26. The van der Waals surface area contributed by atoms with Crippen LogP contribution in [-0.2, 0) is 0 Å². The number of fused-ring (bicyclic) bond motifs is 2. The number of hydrogen-bond donors (Lipinski definition) is 0. The Hall–Kier alpha value is 0. The minimum absolute atomic E-state index is 0.541. The standard InChI is InChI=1S/C13H24.3C2H6/c1-11(2)8-9-7-10(11)13(5,6)12(9,3)4;3*1-2/h9-10H,7-8H2,1-6H3;3*1-2H3. The van der Waals surface area contributed by atoms with Crippen molar-refractivity contribution in [1.82, 2.24) is 0 Å². The van der Waals surface area contributed by atoms with Gasteiger partial charge in [-0.15, -0.1) is 0 Å². The van der Waals surface area contributed by atoms with E-state index in [1.807, 2.05) is 41.5 Å². The molecular weight excluding hydrogens is 228 g/mol. The second kappa shape index (κ2) is 7.70. The molecule has 118 valence electrons. The van der Waals surface area contributed by atoms with Crippen molar-refractivity contribution < 1.29 is 0 Å². The summed E-state index contributed by atoms with van der Waals surface area (Å²) in [6.07, 6.45) is 2.93. The van der Waals surface area contributed by atoms with Gasteiger partial charge in [-0.3, -0.25) is 0 Å². The lowest BCUT2D eigenvalue weighted by molar-refractivity contribution is -0.0282. The van der Waals surface area contributed by atoms with E-state index in [1.165, 1.54) is 12.8 Å². The largest absolute Gasteiger partial charge is 0.0683 e. The summed E-state index contributed by atoms with van der Waals surface area (Å²) in [4.78, 5) is 0. The van der Waals surface area contributed by atoms with Crippen LogP contribution in [0, 0.1) is 28.1 Å². The van der Waals surface area contributed by atoms with E-state index in [0.717, 1.165) is 11.8 Å². The quantitative estimate of drug-likeness (QED) is 0.437. The van der Waals surface area contributed by atoms with E-state index in [2.05, 4.69) is 41.5 Å². The summed E-state index contributed by atoms with van der Waals surface area (Å²) in [6.45, 7) is 26.9. The zero-order chi connectivity index (χ0) is 16.1. The highest BCUT2D eigenvalue weighted by Crippen LogP contribution is 2.71. The van der Waals surface area contributed by atoms with Crippen LogP contribution in [0.25, 0.3) is 0 Å². The van der Waals surface area contributed by atoms with E-state index in [4.69, 9.17) is 0 Å². The SMILES string of the molecule is CC.CC.CC.CC1(C)CC2CC1C(C)(C)C2(C)C. The van der Waals surface area contributed by atoms with Gasteiger partial charge >= 0.3 is 0 Å². The highest BCUT2D eigenvalue weighted by atomic mass is 14.7. The highest BCUT2D eigenvalue weighted by Gasteiger charge is 2.63. The Balaban J connectivity index is 0. The van der Waals surface area contributed by atoms with E-state index in [0.29, 0.717) is 16.2 Å². The van der Waals surface area contributed by atoms with Crippen LogP contribution in [0.3, 0.4) is 0 Å². The molecule has 0 spiro atoms. The molecule has 0 aliphatic heterocycles. The minimum atomic E-state index is 0.541. The first-order valence-electron chi connectivity index (χ1n) is 8.69. The summed E-state index contributed by atoms with van der Waals surface area (Å²) in [7, 11) is 0. The van der Waals surface area contributed by atoms with Gasteiger partial charge in [0.05, 0.1) is 0 Å². The van der Waals surface area contributed by atoms with Crippen molar-refractivity contribution in [2.24, 2.45) is 28.1 Å². The minimum Gasteiger partial charge on any atom is -0.0683 e. The third-order valence-electron chi connectivity index (χ3n) is 5.79. The Morgan fingerprint density at radius 1 is 0.632 bits per heavy atom. The van der Waals surface area contributed by atoms with Gasteiger partial charge in [-0.25, -0.2) is 0 Å². The van der Waals surface area contributed by atoms with Gasteiger partial charge in [0, 0.05) is 0 Å². The first kappa shape index (κ1) is 21.3. The molecule has 0 heteroatoms. The van der Waals surface area contributed by atoms with Crippen molar-refractivity contribution in [3.63, 3.8) is 0 Å². The van der Waals surface area contributed by atoms with Crippen LogP contribution >= 0.6 is 0 Å². The fourth-order valence-corrected chi connectivity index (χ4v) is 4.26. The summed E-state index contributed by atoms with van der Waals surface area (Å²) in [6, 6.07) is 0. The van der Waals surface area contributed by atoms with Crippen LogP contribution in [0.1, 0.15) is 95.9 Å². The lowest BCUT2D eigenvalue weighted by Gasteiger charge is -2.51. The van der Waals surface area contributed by atoms with Gasteiger partial charge in [-0.1, -0.05) is 83.1 Å². The third-order valence-corrected chi connectivity index (χ3v) is 5.79. The van der Waals surface area contributed by atoms with Crippen LogP contribution in [0.4, 0.5) is 0 Å². The van der Waals surface area contributed by atoms with Gasteiger partial charge in [0.15, 0.2) is 0 Å². The van der Waals surface area contributed by atoms with Gasteiger partial charge in [-0.05, 0) is 40.9 Å². The zero-order valence-corrected chi connectivity index (χ0v) is 16.1. The molecule has 0 radical (unpaired) electrons. The molecule has 0 aromatic rings. The first-order chi connectivity index (χ1) is 8.69. The maximum absolute atomic E-state index is 2.48. The van der Waals surface area contributed by atoms with Crippen LogP contribution in [0.2, 0.25) is 0 Å². The molecule has 0 amide bonds. The molecule has 2 unspecified atom stereocenters. The summed E-state index contributed by atoms with van der Waals surface area (Å²) in [5.74, 6) is 1.92. The Labute approximate surface area is 124 Å². The Kier molecular flexibility index (Phi) is 8.63. The molecular formula is C19H42. The lowest BCUT2D eigenvalue weighted by atomic mass is 9.53. The van der Waals surface area contributed by atoms with Crippen molar-refractivity contribution in [3.8, 4) is 0 Å². The molecule has 0 saturated heterocycles.